The van der Waals surface area contributed by atoms with Crippen molar-refractivity contribution in [2.24, 2.45) is 56.7 Å². The highest BCUT2D eigenvalue weighted by Gasteiger charge is 2.69. The summed E-state index contributed by atoms with van der Waals surface area (Å²) in [6.07, 6.45) is 11.6. The highest BCUT2D eigenvalue weighted by atomic mass is 16.4. The fourth-order valence-electron chi connectivity index (χ4n) is 10.8. The van der Waals surface area contributed by atoms with Crippen molar-refractivity contribution in [3.63, 3.8) is 0 Å². The first-order valence-corrected chi connectivity index (χ1v) is 14.9. The molecule has 4 saturated carbocycles. The van der Waals surface area contributed by atoms with E-state index in [4.69, 9.17) is 0 Å². The van der Waals surface area contributed by atoms with E-state index in [0.29, 0.717) is 23.7 Å². The fourth-order valence-corrected chi connectivity index (χ4v) is 10.8. The van der Waals surface area contributed by atoms with E-state index < -0.39 is 11.4 Å². The zero-order valence-corrected chi connectivity index (χ0v) is 24.7. The number of carboxylic acids is 1. The molecule has 206 valence electrons. The first kappa shape index (κ1) is 28.1. The van der Waals surface area contributed by atoms with Crippen LogP contribution in [0, 0.1) is 56.7 Å². The third-order valence-electron chi connectivity index (χ3n) is 13.4. The number of hydrogen-bond acceptors (Lipinski definition) is 3. The average Bonchev–Trinajstić information content (AvgIpc) is 2.80. The maximum absolute atomic E-state index is 12.8. The Hall–Kier alpha value is -0.870. The van der Waals surface area contributed by atoms with Crippen molar-refractivity contribution in [2.45, 2.75) is 112 Å². The lowest BCUT2D eigenvalue weighted by atomic mass is 9.33. The lowest BCUT2D eigenvalue weighted by Crippen LogP contribution is -2.65. The van der Waals surface area contributed by atoms with E-state index >= 15 is 0 Å². The molecule has 0 spiro atoms. The monoisotopic (exact) mass is 501 g/mol. The topological polar surface area (TPSA) is 69.6 Å². The molecule has 5 rings (SSSR count). The van der Waals surface area contributed by atoms with Gasteiger partial charge < -0.3 is 15.5 Å². The number of allylic oxidation sites excluding steroid dienone is 2. The smallest absolute Gasteiger partial charge is 0.310 e. The average molecular weight is 502 g/mol. The summed E-state index contributed by atoms with van der Waals surface area (Å²) < 4.78 is 0. The van der Waals surface area contributed by atoms with Crippen molar-refractivity contribution in [3.8, 4) is 0 Å². The number of carboxylic acid groups (broad SMARTS) is 1. The van der Waals surface area contributed by atoms with Gasteiger partial charge in [0.2, 0.25) is 0 Å². The maximum atomic E-state index is 12.8. The van der Waals surface area contributed by atoms with Crippen LogP contribution in [0.2, 0.25) is 0 Å². The van der Waals surface area contributed by atoms with Gasteiger partial charge in [0, 0.05) is 0 Å². The normalized spacial score (nSPS) is 51.2. The summed E-state index contributed by atoms with van der Waals surface area (Å²) in [5.74, 6) is 1.82. The van der Waals surface area contributed by atoms with Gasteiger partial charge in [0.25, 0.3) is 0 Å². The van der Waals surface area contributed by atoms with Crippen molar-refractivity contribution < 1.29 is 15.0 Å². The van der Waals surface area contributed by atoms with Crippen LogP contribution in [0.25, 0.3) is 0 Å². The van der Waals surface area contributed by atoms with Gasteiger partial charge in [-0.1, -0.05) is 60.1 Å². The summed E-state index contributed by atoms with van der Waals surface area (Å²) in [5, 5.41) is 24.2. The van der Waals surface area contributed by atoms with Crippen LogP contribution in [0.3, 0.4) is 0 Å². The SMILES string of the molecule is CNC.C[C@H]1[C@H](C)CC[C@]2(C(=O)O)CC[C@]3(C)C(=CCC4[C@@]5(C)CC[C@H](O)C(C)(C)C5CC[C@]43C)[C@H]12. The molecule has 2 unspecified atom stereocenters. The molecule has 3 N–H and O–H groups in total. The molecule has 4 heteroatoms. The van der Waals surface area contributed by atoms with Crippen molar-refractivity contribution in [2.75, 3.05) is 14.1 Å². The number of hydrogen-bond donors (Lipinski definition) is 3. The molecule has 0 heterocycles. The second-order valence-corrected chi connectivity index (χ2v) is 15.0. The molecule has 5 aliphatic rings. The first-order valence-electron chi connectivity index (χ1n) is 14.9. The molecule has 0 saturated heterocycles. The van der Waals surface area contributed by atoms with Crippen molar-refractivity contribution >= 4 is 5.97 Å². The molecule has 5 aliphatic carbocycles. The molecule has 0 aliphatic heterocycles. The standard InChI is InChI=1S/C30H48O3.C2H7N/c1-18-10-15-30(25(32)33)17-16-28(6)20(24(30)19(18)2)8-9-22-27(5)13-12-23(31)26(3,4)21(27)11-14-29(22,28)7;1-3-2/h8,18-19,21-24,31H,9-17H2,1-7H3,(H,32,33);3H,1-2H3/t18-,19+,21?,22?,23+,24+,27+,28-,29-,30+;/m1./s1. The van der Waals surface area contributed by atoms with Gasteiger partial charge in [0.05, 0.1) is 11.5 Å². The maximum Gasteiger partial charge on any atom is 0.310 e. The minimum absolute atomic E-state index is 0.0302. The third-order valence-corrected chi connectivity index (χ3v) is 13.4. The van der Waals surface area contributed by atoms with Crippen LogP contribution in [0.4, 0.5) is 0 Å². The van der Waals surface area contributed by atoms with Crippen molar-refractivity contribution in [1.82, 2.24) is 5.32 Å². The predicted molar refractivity (Wildman–Crippen MR) is 148 cm³/mol. The van der Waals surface area contributed by atoms with Crippen LogP contribution in [0.5, 0.6) is 0 Å². The van der Waals surface area contributed by atoms with Gasteiger partial charge in [-0.25, -0.2) is 0 Å². The Morgan fingerprint density at radius 2 is 1.56 bits per heavy atom. The van der Waals surface area contributed by atoms with Gasteiger partial charge in [-0.15, -0.1) is 0 Å². The number of aliphatic hydroxyl groups is 1. The number of aliphatic hydroxyl groups excluding tert-OH is 1. The molecule has 4 nitrogen and oxygen atoms in total. The number of rotatable bonds is 1. The molecule has 0 radical (unpaired) electrons. The van der Waals surface area contributed by atoms with Gasteiger partial charge >= 0.3 is 5.97 Å². The Morgan fingerprint density at radius 3 is 2.17 bits per heavy atom. The second-order valence-electron chi connectivity index (χ2n) is 15.0. The zero-order chi connectivity index (χ0) is 26.9. The Balaban J connectivity index is 0.000000967. The first-order chi connectivity index (χ1) is 16.7. The highest BCUT2D eigenvalue weighted by molar-refractivity contribution is 5.76. The van der Waals surface area contributed by atoms with Gasteiger partial charge in [0.1, 0.15) is 0 Å². The number of carbonyl (C=O) groups is 1. The van der Waals surface area contributed by atoms with Crippen molar-refractivity contribution in [1.29, 1.82) is 0 Å². The second kappa shape index (κ2) is 9.11. The van der Waals surface area contributed by atoms with Crippen molar-refractivity contribution in [3.05, 3.63) is 11.6 Å². The number of aliphatic carboxylic acids is 1. The molecular formula is C32H55NO3. The van der Waals surface area contributed by atoms with E-state index in [1.807, 2.05) is 14.1 Å². The largest absolute Gasteiger partial charge is 0.481 e. The van der Waals surface area contributed by atoms with Crippen LogP contribution in [-0.4, -0.2) is 36.4 Å². The van der Waals surface area contributed by atoms with E-state index in [1.165, 1.54) is 18.4 Å². The molecule has 0 aromatic carbocycles. The lowest BCUT2D eigenvalue weighted by Gasteiger charge is -2.71. The van der Waals surface area contributed by atoms with E-state index in [0.717, 1.165) is 44.9 Å². The molecule has 0 aromatic heterocycles. The quantitative estimate of drug-likeness (QED) is 0.341. The Morgan fingerprint density at radius 1 is 0.917 bits per heavy atom. The van der Waals surface area contributed by atoms with E-state index in [9.17, 15) is 15.0 Å². The zero-order valence-electron chi connectivity index (χ0n) is 24.7. The summed E-state index contributed by atoms with van der Waals surface area (Å²) in [4.78, 5) is 12.8. The predicted octanol–water partition coefficient (Wildman–Crippen LogP) is 6.93. The molecule has 4 fully saturated rings. The van der Waals surface area contributed by atoms with E-state index in [1.54, 1.807) is 0 Å². The minimum atomic E-state index is -0.557. The lowest BCUT2D eigenvalue weighted by molar-refractivity contribution is -0.206. The van der Waals surface area contributed by atoms with Crippen LogP contribution in [0.15, 0.2) is 11.6 Å². The minimum Gasteiger partial charge on any atom is -0.481 e. The Labute approximate surface area is 221 Å². The number of fused-ring (bicyclic) bond motifs is 7. The molecular weight excluding hydrogens is 446 g/mol. The third kappa shape index (κ3) is 3.55. The molecule has 36 heavy (non-hydrogen) atoms. The summed E-state index contributed by atoms with van der Waals surface area (Å²) >= 11 is 0. The fraction of sp³-hybridized carbons (Fsp3) is 0.906. The van der Waals surface area contributed by atoms with Gasteiger partial charge in [-0.3, -0.25) is 4.79 Å². The number of nitrogens with one attached hydrogen (secondary N) is 1. The van der Waals surface area contributed by atoms with Gasteiger partial charge in [-0.05, 0) is 123 Å². The van der Waals surface area contributed by atoms with Crippen LogP contribution in [-0.2, 0) is 4.79 Å². The molecule has 0 aromatic rings. The van der Waals surface area contributed by atoms with Crippen LogP contribution >= 0.6 is 0 Å². The van der Waals surface area contributed by atoms with Gasteiger partial charge in [-0.2, -0.15) is 0 Å². The molecule has 0 amide bonds. The molecule has 10 atom stereocenters. The van der Waals surface area contributed by atoms with Crippen LogP contribution < -0.4 is 5.32 Å². The summed E-state index contributed by atoms with van der Waals surface area (Å²) in [6, 6.07) is 0. The van der Waals surface area contributed by atoms with Gasteiger partial charge in [0.15, 0.2) is 0 Å². The summed E-state index contributed by atoms with van der Waals surface area (Å²) in [5.41, 5.74) is 1.46. The highest BCUT2D eigenvalue weighted by Crippen LogP contribution is 2.75. The Bertz CT molecular complexity index is 896. The summed E-state index contributed by atoms with van der Waals surface area (Å²) in [6.45, 7) is 17.0. The Kier molecular flexibility index (Phi) is 7.12. The van der Waals surface area contributed by atoms with Crippen LogP contribution in [0.1, 0.15) is 106 Å². The van der Waals surface area contributed by atoms with E-state index in [-0.39, 0.29) is 33.7 Å². The van der Waals surface area contributed by atoms with E-state index in [2.05, 4.69) is 59.9 Å². The molecule has 0 bridgehead atoms. The summed E-state index contributed by atoms with van der Waals surface area (Å²) in [7, 11) is 3.75.